The molecular formula is C19H20ClN3O2. The molecule has 2 heterocycles. The lowest BCUT2D eigenvalue weighted by Crippen LogP contribution is -2.24. The standard InChI is InChI=1S/C19H20ClN3O2/c1-13(12-21)15(20)11-17(24)18-16-9-5-6-10-22(16)23(19(18)25)14-7-3-2-4-8-14/h2-4,7-8,11-12H,5-6,9-10,21H2,1H3/b13-12-,15-11+. The van der Waals surface area contributed by atoms with Crippen molar-refractivity contribution < 1.29 is 4.79 Å². The molecule has 0 unspecified atom stereocenters. The van der Waals surface area contributed by atoms with Crippen LogP contribution in [0, 0.1) is 0 Å². The fourth-order valence-electron chi connectivity index (χ4n) is 3.09. The third-order valence-electron chi connectivity index (χ3n) is 4.41. The Balaban J connectivity index is 2.17. The Hall–Kier alpha value is -2.53. The zero-order chi connectivity index (χ0) is 18.0. The lowest BCUT2D eigenvalue weighted by molar-refractivity contribution is 0.104. The van der Waals surface area contributed by atoms with E-state index >= 15 is 0 Å². The summed E-state index contributed by atoms with van der Waals surface area (Å²) >= 11 is 6.11. The van der Waals surface area contributed by atoms with Crippen molar-refractivity contribution in [1.29, 1.82) is 0 Å². The Bertz CT molecular complexity index is 920. The summed E-state index contributed by atoms with van der Waals surface area (Å²) in [5, 5.41) is 0.244. The number of rotatable bonds is 4. The van der Waals surface area contributed by atoms with Crippen LogP contribution in [0.1, 0.15) is 35.8 Å². The first-order valence-electron chi connectivity index (χ1n) is 8.25. The first-order valence-corrected chi connectivity index (χ1v) is 8.63. The first kappa shape index (κ1) is 17.3. The predicted octanol–water partition coefficient (Wildman–Crippen LogP) is 3.14. The van der Waals surface area contributed by atoms with Gasteiger partial charge in [0.15, 0.2) is 5.78 Å². The van der Waals surface area contributed by atoms with Crippen molar-refractivity contribution in [3.8, 4) is 5.69 Å². The second-order valence-electron chi connectivity index (χ2n) is 6.06. The van der Waals surface area contributed by atoms with Gasteiger partial charge in [-0.1, -0.05) is 29.8 Å². The smallest absolute Gasteiger partial charge is 0.282 e. The van der Waals surface area contributed by atoms with E-state index in [9.17, 15) is 9.59 Å². The summed E-state index contributed by atoms with van der Waals surface area (Å²) in [6.45, 7) is 2.43. The van der Waals surface area contributed by atoms with Crippen LogP contribution in [0.4, 0.5) is 0 Å². The SMILES string of the molecule is CC(=C/N)/C(Cl)=C\C(=O)c1c2n(n(-c3ccccc3)c1=O)CCCC2. The lowest BCUT2D eigenvalue weighted by Gasteiger charge is -2.19. The normalized spacial score (nSPS) is 15.1. The molecule has 3 rings (SSSR count). The van der Waals surface area contributed by atoms with Gasteiger partial charge in [0.1, 0.15) is 5.56 Å². The number of aromatic nitrogens is 2. The van der Waals surface area contributed by atoms with E-state index in [1.165, 1.54) is 12.3 Å². The molecule has 1 aromatic carbocycles. The summed E-state index contributed by atoms with van der Waals surface area (Å²) in [6.07, 6.45) is 5.25. The summed E-state index contributed by atoms with van der Waals surface area (Å²) < 4.78 is 3.51. The maximum atomic E-state index is 13.0. The Labute approximate surface area is 151 Å². The molecule has 0 saturated carbocycles. The van der Waals surface area contributed by atoms with Crippen LogP contribution < -0.4 is 11.3 Å². The molecule has 0 amide bonds. The van der Waals surface area contributed by atoms with Gasteiger partial charge in [0.2, 0.25) is 0 Å². The van der Waals surface area contributed by atoms with E-state index in [1.807, 2.05) is 35.0 Å². The van der Waals surface area contributed by atoms with Crippen LogP contribution in [-0.2, 0) is 13.0 Å². The minimum Gasteiger partial charge on any atom is -0.404 e. The van der Waals surface area contributed by atoms with E-state index in [0.717, 1.165) is 24.2 Å². The molecule has 0 bridgehead atoms. The van der Waals surface area contributed by atoms with Gasteiger partial charge in [0.05, 0.1) is 11.4 Å². The Morgan fingerprint density at radius 1 is 1.24 bits per heavy atom. The van der Waals surface area contributed by atoms with Gasteiger partial charge < -0.3 is 5.73 Å². The average molecular weight is 358 g/mol. The molecule has 25 heavy (non-hydrogen) atoms. The van der Waals surface area contributed by atoms with Crippen LogP contribution in [0.25, 0.3) is 5.69 Å². The Morgan fingerprint density at radius 3 is 2.64 bits per heavy atom. The van der Waals surface area contributed by atoms with E-state index in [-0.39, 0.29) is 21.9 Å². The van der Waals surface area contributed by atoms with E-state index in [4.69, 9.17) is 17.3 Å². The number of fused-ring (bicyclic) bond motifs is 1. The average Bonchev–Trinajstić information content (AvgIpc) is 2.93. The fraction of sp³-hybridized carbons (Fsp3) is 0.263. The monoisotopic (exact) mass is 357 g/mol. The summed E-state index contributed by atoms with van der Waals surface area (Å²) in [7, 11) is 0. The minimum absolute atomic E-state index is 0.200. The van der Waals surface area contributed by atoms with Crippen molar-refractivity contribution in [2.24, 2.45) is 5.73 Å². The quantitative estimate of drug-likeness (QED) is 0.519. The van der Waals surface area contributed by atoms with Gasteiger partial charge in [-0.05, 0) is 50.1 Å². The third-order valence-corrected chi connectivity index (χ3v) is 4.82. The zero-order valence-corrected chi connectivity index (χ0v) is 14.8. The number of nitrogens with two attached hydrogens (primary N) is 1. The number of carbonyl (C=O) groups is 1. The number of nitrogens with zero attached hydrogens (tertiary/aromatic N) is 2. The fourth-order valence-corrected chi connectivity index (χ4v) is 3.25. The lowest BCUT2D eigenvalue weighted by atomic mass is 10.0. The van der Waals surface area contributed by atoms with Gasteiger partial charge in [0, 0.05) is 17.7 Å². The molecule has 1 aromatic heterocycles. The highest BCUT2D eigenvalue weighted by atomic mass is 35.5. The van der Waals surface area contributed by atoms with Crippen molar-refractivity contribution in [1.82, 2.24) is 9.36 Å². The minimum atomic E-state index is -0.378. The van der Waals surface area contributed by atoms with Crippen molar-refractivity contribution in [2.45, 2.75) is 32.7 Å². The molecule has 5 nitrogen and oxygen atoms in total. The molecule has 0 atom stereocenters. The molecule has 2 aromatic rings. The van der Waals surface area contributed by atoms with Gasteiger partial charge >= 0.3 is 0 Å². The highest BCUT2D eigenvalue weighted by molar-refractivity contribution is 6.34. The number of ketones is 1. The van der Waals surface area contributed by atoms with E-state index < -0.39 is 0 Å². The summed E-state index contributed by atoms with van der Waals surface area (Å²) in [5.41, 5.74) is 7.46. The second-order valence-corrected chi connectivity index (χ2v) is 6.47. The molecule has 0 fully saturated rings. The summed E-state index contributed by atoms with van der Waals surface area (Å²) in [4.78, 5) is 25.8. The molecule has 1 aliphatic heterocycles. The largest absolute Gasteiger partial charge is 0.404 e. The highest BCUT2D eigenvalue weighted by Crippen LogP contribution is 2.22. The number of benzene rings is 1. The molecule has 0 aliphatic carbocycles. The molecule has 130 valence electrons. The van der Waals surface area contributed by atoms with Gasteiger partial charge in [0.25, 0.3) is 5.56 Å². The molecular weight excluding hydrogens is 338 g/mol. The van der Waals surface area contributed by atoms with Gasteiger partial charge in [-0.3, -0.25) is 14.3 Å². The third kappa shape index (κ3) is 3.20. The van der Waals surface area contributed by atoms with Crippen LogP contribution >= 0.6 is 11.6 Å². The van der Waals surface area contributed by atoms with E-state index in [0.29, 0.717) is 18.5 Å². The number of hydrogen-bond acceptors (Lipinski definition) is 3. The Kier molecular flexibility index (Phi) is 4.95. The zero-order valence-electron chi connectivity index (χ0n) is 14.0. The summed E-state index contributed by atoms with van der Waals surface area (Å²) in [5.74, 6) is -0.378. The van der Waals surface area contributed by atoms with Crippen LogP contribution in [0.5, 0.6) is 0 Å². The Morgan fingerprint density at radius 2 is 1.96 bits per heavy atom. The van der Waals surface area contributed by atoms with Gasteiger partial charge in [-0.25, -0.2) is 4.68 Å². The molecule has 6 heteroatoms. The predicted molar refractivity (Wildman–Crippen MR) is 99.2 cm³/mol. The molecule has 0 spiro atoms. The number of para-hydroxylation sites is 1. The molecule has 0 radical (unpaired) electrons. The highest BCUT2D eigenvalue weighted by Gasteiger charge is 2.26. The van der Waals surface area contributed by atoms with Crippen LogP contribution in [-0.4, -0.2) is 15.1 Å². The van der Waals surface area contributed by atoms with Crippen molar-refractivity contribution in [3.05, 3.63) is 74.8 Å². The first-order chi connectivity index (χ1) is 12.0. The second kappa shape index (κ2) is 7.15. The van der Waals surface area contributed by atoms with Gasteiger partial charge in [-0.15, -0.1) is 0 Å². The van der Waals surface area contributed by atoms with Crippen LogP contribution in [0.2, 0.25) is 0 Å². The van der Waals surface area contributed by atoms with Gasteiger partial charge in [-0.2, -0.15) is 0 Å². The van der Waals surface area contributed by atoms with Crippen LogP contribution in [0.15, 0.2) is 58.0 Å². The molecule has 2 N–H and O–H groups in total. The topological polar surface area (TPSA) is 70.0 Å². The van der Waals surface area contributed by atoms with Crippen molar-refractivity contribution in [3.63, 3.8) is 0 Å². The molecule has 0 saturated heterocycles. The van der Waals surface area contributed by atoms with Crippen molar-refractivity contribution >= 4 is 17.4 Å². The maximum absolute atomic E-state index is 13.0. The number of allylic oxidation sites excluding steroid dienone is 3. The molecule has 1 aliphatic rings. The van der Waals surface area contributed by atoms with Crippen LogP contribution in [0.3, 0.4) is 0 Å². The summed E-state index contributed by atoms with van der Waals surface area (Å²) in [6, 6.07) is 9.37. The number of carbonyl (C=O) groups excluding carboxylic acids is 1. The number of hydrogen-bond donors (Lipinski definition) is 1. The number of halogens is 1. The van der Waals surface area contributed by atoms with Crippen molar-refractivity contribution in [2.75, 3.05) is 0 Å². The maximum Gasteiger partial charge on any atom is 0.282 e. The van der Waals surface area contributed by atoms with E-state index in [2.05, 4.69) is 0 Å². The van der Waals surface area contributed by atoms with E-state index in [1.54, 1.807) is 11.6 Å².